The van der Waals surface area contributed by atoms with E-state index in [9.17, 15) is 13.2 Å². The lowest BCUT2D eigenvalue weighted by Gasteiger charge is -2.09. The van der Waals surface area contributed by atoms with Crippen LogP contribution < -0.4 is 14.8 Å². The number of nitrogens with zero attached hydrogens (tertiary/aromatic N) is 2. The molecule has 3 N–H and O–H groups in total. The van der Waals surface area contributed by atoms with Gasteiger partial charge in [-0.1, -0.05) is 42.1 Å². The molecule has 0 spiro atoms. The Morgan fingerprint density at radius 2 is 1.84 bits per heavy atom. The first-order valence-corrected chi connectivity index (χ1v) is 12.4. The van der Waals surface area contributed by atoms with E-state index in [1.54, 1.807) is 0 Å². The second kappa shape index (κ2) is 11.7. The number of rotatable bonds is 12. The van der Waals surface area contributed by atoms with Crippen LogP contribution in [0.15, 0.2) is 64.6 Å². The third-order valence-corrected chi connectivity index (χ3v) is 6.61. The molecule has 0 aliphatic carbocycles. The van der Waals surface area contributed by atoms with Crippen LogP contribution in [0.3, 0.4) is 0 Å². The maximum absolute atomic E-state index is 12.4. The molecule has 0 radical (unpaired) electrons. The predicted molar refractivity (Wildman–Crippen MR) is 122 cm³/mol. The molecule has 0 fully saturated rings. The van der Waals surface area contributed by atoms with Crippen LogP contribution >= 0.6 is 11.8 Å². The van der Waals surface area contributed by atoms with Gasteiger partial charge in [-0.25, -0.2) is 18.1 Å². The van der Waals surface area contributed by atoms with E-state index in [1.807, 2.05) is 37.3 Å². The van der Waals surface area contributed by atoms with Gasteiger partial charge in [-0.15, -0.1) is 5.10 Å². The highest BCUT2D eigenvalue weighted by atomic mass is 32.2. The van der Waals surface area contributed by atoms with Crippen LogP contribution in [-0.2, 0) is 21.2 Å². The topological polar surface area (TPSA) is 126 Å². The quantitative estimate of drug-likeness (QED) is 0.270. The number of ether oxygens (including phenoxy) is 1. The van der Waals surface area contributed by atoms with Crippen LogP contribution in [0.25, 0.3) is 0 Å². The number of thioether (sulfide) groups is 1. The number of hydrogen-bond acceptors (Lipinski definition) is 7. The highest BCUT2D eigenvalue weighted by Gasteiger charge is 2.13. The van der Waals surface area contributed by atoms with Crippen molar-refractivity contribution in [3.05, 3.63) is 66.0 Å². The number of hydrogen-bond donors (Lipinski definition) is 3. The molecule has 0 unspecified atom stereocenters. The summed E-state index contributed by atoms with van der Waals surface area (Å²) in [6.07, 6.45) is 0.604. The summed E-state index contributed by atoms with van der Waals surface area (Å²) in [6, 6.07) is 15.6. The molecule has 0 aliphatic rings. The zero-order chi connectivity index (χ0) is 22.8. The Labute approximate surface area is 191 Å². The van der Waals surface area contributed by atoms with Crippen LogP contribution in [0.1, 0.15) is 11.4 Å². The van der Waals surface area contributed by atoms with Crippen molar-refractivity contribution in [2.75, 3.05) is 25.4 Å². The molecule has 32 heavy (non-hydrogen) atoms. The van der Waals surface area contributed by atoms with Gasteiger partial charge in [-0.3, -0.25) is 9.89 Å². The van der Waals surface area contributed by atoms with Gasteiger partial charge < -0.3 is 10.1 Å². The second-order valence-corrected chi connectivity index (χ2v) is 9.62. The summed E-state index contributed by atoms with van der Waals surface area (Å²) in [6.45, 7) is 2.41. The summed E-state index contributed by atoms with van der Waals surface area (Å²) in [5, 5.41) is 10.1. The van der Waals surface area contributed by atoms with Gasteiger partial charge in [0.25, 0.3) is 5.91 Å². The number of amides is 1. The summed E-state index contributed by atoms with van der Waals surface area (Å²) >= 11 is 1.43. The highest BCUT2D eigenvalue weighted by Crippen LogP contribution is 2.16. The van der Waals surface area contributed by atoms with E-state index in [1.165, 1.54) is 36.0 Å². The van der Waals surface area contributed by atoms with Gasteiger partial charge >= 0.3 is 0 Å². The van der Waals surface area contributed by atoms with E-state index in [0.717, 1.165) is 11.4 Å². The van der Waals surface area contributed by atoms with Crippen molar-refractivity contribution in [2.24, 2.45) is 0 Å². The zero-order valence-corrected chi connectivity index (χ0v) is 19.2. The van der Waals surface area contributed by atoms with Crippen LogP contribution in [-0.4, -0.2) is 55.0 Å². The molecule has 0 atom stereocenters. The van der Waals surface area contributed by atoms with E-state index in [0.29, 0.717) is 36.2 Å². The molecule has 2 aromatic carbocycles. The van der Waals surface area contributed by atoms with Gasteiger partial charge in [0.1, 0.15) is 11.6 Å². The van der Waals surface area contributed by atoms with Gasteiger partial charge in [0, 0.05) is 18.8 Å². The summed E-state index contributed by atoms with van der Waals surface area (Å²) in [7, 11) is -3.61. The summed E-state index contributed by atoms with van der Waals surface area (Å²) < 4.78 is 32.9. The first-order valence-electron chi connectivity index (χ1n) is 9.97. The number of benzene rings is 2. The maximum atomic E-state index is 12.4. The number of nitrogens with one attached hydrogen (secondary N) is 3. The average Bonchev–Trinajstić information content (AvgIpc) is 3.21. The van der Waals surface area contributed by atoms with Crippen molar-refractivity contribution < 1.29 is 17.9 Å². The van der Waals surface area contributed by atoms with Crippen LogP contribution in [0.4, 0.5) is 0 Å². The van der Waals surface area contributed by atoms with Crippen molar-refractivity contribution in [3.63, 3.8) is 0 Å². The Kier molecular flexibility index (Phi) is 8.65. The molecule has 1 heterocycles. The van der Waals surface area contributed by atoms with Crippen molar-refractivity contribution >= 4 is 27.7 Å². The molecular weight excluding hydrogens is 450 g/mol. The first-order chi connectivity index (χ1) is 15.4. The lowest BCUT2D eigenvalue weighted by molar-refractivity contribution is -0.122. The number of aromatic nitrogens is 3. The van der Waals surface area contributed by atoms with E-state index < -0.39 is 10.0 Å². The molecule has 3 rings (SSSR count). The molecule has 0 saturated carbocycles. The molecular formula is C21H25N5O4S2. The molecule has 0 saturated heterocycles. The summed E-state index contributed by atoms with van der Waals surface area (Å²) in [5.41, 5.74) is 1.06. The van der Waals surface area contributed by atoms with Crippen LogP contribution in [0.5, 0.6) is 5.75 Å². The Morgan fingerprint density at radius 3 is 2.53 bits per heavy atom. The van der Waals surface area contributed by atoms with Gasteiger partial charge in [-0.2, -0.15) is 0 Å². The minimum Gasteiger partial charge on any atom is -0.484 e. The van der Waals surface area contributed by atoms with E-state index in [2.05, 4.69) is 25.2 Å². The monoisotopic (exact) mass is 475 g/mol. The van der Waals surface area contributed by atoms with Crippen LogP contribution in [0, 0.1) is 6.92 Å². The van der Waals surface area contributed by atoms with Crippen molar-refractivity contribution in [3.8, 4) is 5.75 Å². The third-order valence-electron chi connectivity index (χ3n) is 4.28. The Hall–Kier alpha value is -2.89. The SMILES string of the molecule is Cc1nc(SCCNC(=O)COc2ccc(S(=O)(=O)NCCc3ccccc3)cc2)n[nH]1. The zero-order valence-electron chi connectivity index (χ0n) is 17.6. The summed E-state index contributed by atoms with van der Waals surface area (Å²) in [4.78, 5) is 16.2. The smallest absolute Gasteiger partial charge is 0.257 e. The van der Waals surface area contributed by atoms with Gasteiger partial charge in [0.05, 0.1) is 4.90 Å². The first kappa shape index (κ1) is 23.8. The maximum Gasteiger partial charge on any atom is 0.257 e. The standard InChI is InChI=1S/C21H25N5O4S2/c1-16-24-21(26-25-16)31-14-13-22-20(27)15-30-18-7-9-19(10-8-18)32(28,29)23-12-11-17-5-3-2-4-6-17/h2-10,23H,11-15H2,1H3,(H,22,27)(H,24,25,26). The fraction of sp³-hybridized carbons (Fsp3) is 0.286. The second-order valence-electron chi connectivity index (χ2n) is 6.80. The molecule has 0 aliphatic heterocycles. The molecule has 170 valence electrons. The van der Waals surface area contributed by atoms with E-state index in [4.69, 9.17) is 4.74 Å². The van der Waals surface area contributed by atoms with Gasteiger partial charge in [0.2, 0.25) is 15.2 Å². The normalized spacial score (nSPS) is 11.3. The molecule has 9 nitrogen and oxygen atoms in total. The Balaban J connectivity index is 1.37. The molecule has 0 bridgehead atoms. The fourth-order valence-electron chi connectivity index (χ4n) is 2.69. The molecule has 1 amide bonds. The van der Waals surface area contributed by atoms with Crippen LogP contribution in [0.2, 0.25) is 0 Å². The number of carbonyl (C=O) groups is 1. The lowest BCUT2D eigenvalue weighted by Crippen LogP contribution is -2.30. The number of aromatic amines is 1. The van der Waals surface area contributed by atoms with Crippen molar-refractivity contribution in [1.82, 2.24) is 25.2 Å². The summed E-state index contributed by atoms with van der Waals surface area (Å²) in [5.74, 6) is 1.52. The van der Waals surface area contributed by atoms with E-state index >= 15 is 0 Å². The number of H-pyrrole nitrogens is 1. The van der Waals surface area contributed by atoms with Gasteiger partial charge in [0.15, 0.2) is 6.61 Å². The number of sulfonamides is 1. The van der Waals surface area contributed by atoms with E-state index in [-0.39, 0.29) is 17.4 Å². The average molecular weight is 476 g/mol. The van der Waals surface area contributed by atoms with Crippen molar-refractivity contribution in [2.45, 2.75) is 23.4 Å². The molecule has 1 aromatic heterocycles. The highest BCUT2D eigenvalue weighted by molar-refractivity contribution is 7.99. The minimum absolute atomic E-state index is 0.140. The predicted octanol–water partition coefficient (Wildman–Crippen LogP) is 1.92. The molecule has 11 heteroatoms. The van der Waals surface area contributed by atoms with Crippen molar-refractivity contribution in [1.29, 1.82) is 0 Å². The fourth-order valence-corrected chi connectivity index (χ4v) is 4.42. The number of carbonyl (C=O) groups excluding carboxylic acids is 1. The van der Waals surface area contributed by atoms with Gasteiger partial charge in [-0.05, 0) is 43.2 Å². The Bertz CT molecular complexity index is 1100. The third kappa shape index (κ3) is 7.66. The largest absolute Gasteiger partial charge is 0.484 e. The minimum atomic E-state index is -3.61. The molecule has 3 aromatic rings. The number of aryl methyl sites for hydroxylation is 1. The lowest BCUT2D eigenvalue weighted by atomic mass is 10.2. The Morgan fingerprint density at radius 1 is 1.09 bits per heavy atom.